The summed E-state index contributed by atoms with van der Waals surface area (Å²) in [5, 5.41) is 2.01. The van der Waals surface area contributed by atoms with Gasteiger partial charge in [0, 0.05) is 27.7 Å². The molecule has 6 heteroatoms. The van der Waals surface area contributed by atoms with Crippen LogP contribution in [0.25, 0.3) is 11.0 Å². The van der Waals surface area contributed by atoms with Gasteiger partial charge in [-0.15, -0.1) is 0 Å². The van der Waals surface area contributed by atoms with Gasteiger partial charge < -0.3 is 5.43 Å². The van der Waals surface area contributed by atoms with E-state index in [1.807, 2.05) is 18.2 Å². The van der Waals surface area contributed by atoms with E-state index in [1.54, 1.807) is 24.4 Å². The lowest BCUT2D eigenvalue weighted by atomic mass is 10.2. The Kier molecular flexibility index (Phi) is 3.82. The summed E-state index contributed by atoms with van der Waals surface area (Å²) in [6, 6.07) is 12.2. The number of nitrogens with one attached hydrogen (secondary N) is 1. The van der Waals surface area contributed by atoms with E-state index in [-0.39, 0.29) is 5.56 Å². The standard InChI is InChI=1S/C15H11Cl2N3O/c16-12-5-3-11(13(17)8-12)9-19-20-14(21)6-4-10-2-1-7-18-15(10)20/h1-8,19H,9H2. The van der Waals surface area contributed by atoms with E-state index in [0.29, 0.717) is 22.2 Å². The van der Waals surface area contributed by atoms with Crippen LogP contribution in [0.15, 0.2) is 53.5 Å². The fraction of sp³-hybridized carbons (Fsp3) is 0.0667. The van der Waals surface area contributed by atoms with Crippen LogP contribution in [0.4, 0.5) is 0 Å². The third kappa shape index (κ3) is 2.86. The van der Waals surface area contributed by atoms with E-state index in [0.717, 1.165) is 10.9 Å². The summed E-state index contributed by atoms with van der Waals surface area (Å²) in [5.74, 6) is 0. The van der Waals surface area contributed by atoms with E-state index < -0.39 is 0 Å². The topological polar surface area (TPSA) is 46.9 Å². The van der Waals surface area contributed by atoms with Crippen molar-refractivity contribution in [2.45, 2.75) is 6.54 Å². The Morgan fingerprint density at radius 3 is 2.81 bits per heavy atom. The van der Waals surface area contributed by atoms with Gasteiger partial charge in [-0.25, -0.2) is 9.66 Å². The second-order valence-corrected chi connectivity index (χ2v) is 5.34. The maximum Gasteiger partial charge on any atom is 0.270 e. The molecule has 4 nitrogen and oxygen atoms in total. The molecule has 0 saturated heterocycles. The van der Waals surface area contributed by atoms with Gasteiger partial charge in [-0.05, 0) is 35.9 Å². The molecule has 2 heterocycles. The molecule has 1 N–H and O–H groups in total. The summed E-state index contributed by atoms with van der Waals surface area (Å²) >= 11 is 12.0. The summed E-state index contributed by atoms with van der Waals surface area (Å²) in [6.07, 6.45) is 1.65. The predicted octanol–water partition coefficient (Wildman–Crippen LogP) is 3.45. The molecule has 3 rings (SSSR count). The molecule has 0 aliphatic carbocycles. The van der Waals surface area contributed by atoms with Gasteiger partial charge in [0.1, 0.15) is 0 Å². The fourth-order valence-corrected chi connectivity index (χ4v) is 2.52. The number of benzene rings is 1. The predicted molar refractivity (Wildman–Crippen MR) is 85.5 cm³/mol. The fourth-order valence-electron chi connectivity index (χ4n) is 2.05. The Labute approximate surface area is 130 Å². The van der Waals surface area contributed by atoms with Crippen molar-refractivity contribution in [2.75, 3.05) is 5.43 Å². The molecular weight excluding hydrogens is 309 g/mol. The van der Waals surface area contributed by atoms with Gasteiger partial charge in [0.25, 0.3) is 5.56 Å². The number of fused-ring (bicyclic) bond motifs is 1. The van der Waals surface area contributed by atoms with E-state index in [1.165, 1.54) is 10.7 Å². The first-order valence-electron chi connectivity index (χ1n) is 6.30. The molecule has 2 aromatic heterocycles. The van der Waals surface area contributed by atoms with Crippen LogP contribution in [0.3, 0.4) is 0 Å². The number of pyridine rings is 2. The van der Waals surface area contributed by atoms with Crippen LogP contribution in [0.1, 0.15) is 5.56 Å². The zero-order chi connectivity index (χ0) is 14.8. The van der Waals surface area contributed by atoms with Crippen molar-refractivity contribution < 1.29 is 0 Å². The number of hydrogen-bond donors (Lipinski definition) is 1. The van der Waals surface area contributed by atoms with Crippen LogP contribution >= 0.6 is 23.2 Å². The summed E-state index contributed by atoms with van der Waals surface area (Å²) < 4.78 is 1.42. The smallest absolute Gasteiger partial charge is 0.270 e. The van der Waals surface area contributed by atoms with Gasteiger partial charge in [-0.3, -0.25) is 4.79 Å². The maximum atomic E-state index is 12.0. The van der Waals surface area contributed by atoms with Gasteiger partial charge in [0.05, 0.1) is 6.54 Å². The molecule has 106 valence electrons. The van der Waals surface area contributed by atoms with Crippen LogP contribution in [-0.4, -0.2) is 9.66 Å². The van der Waals surface area contributed by atoms with Gasteiger partial charge in [0.2, 0.25) is 0 Å². The number of halogens is 2. The first kappa shape index (κ1) is 13.9. The quantitative estimate of drug-likeness (QED) is 0.804. The van der Waals surface area contributed by atoms with Gasteiger partial charge >= 0.3 is 0 Å². The average Bonchev–Trinajstić information content (AvgIpc) is 2.48. The molecule has 1 aromatic carbocycles. The second-order valence-electron chi connectivity index (χ2n) is 4.49. The van der Waals surface area contributed by atoms with Gasteiger partial charge in [-0.2, -0.15) is 0 Å². The highest BCUT2D eigenvalue weighted by Crippen LogP contribution is 2.21. The van der Waals surface area contributed by atoms with E-state index in [2.05, 4.69) is 10.4 Å². The lowest BCUT2D eigenvalue weighted by molar-refractivity contribution is 0.824. The molecule has 0 aliphatic rings. The molecule has 21 heavy (non-hydrogen) atoms. The normalized spacial score (nSPS) is 10.8. The first-order valence-corrected chi connectivity index (χ1v) is 7.05. The maximum absolute atomic E-state index is 12.0. The van der Waals surface area contributed by atoms with Crippen molar-refractivity contribution in [3.05, 3.63) is 74.6 Å². The van der Waals surface area contributed by atoms with Crippen LogP contribution in [0, 0.1) is 0 Å². The Balaban J connectivity index is 1.95. The van der Waals surface area contributed by atoms with Crippen LogP contribution in [0.5, 0.6) is 0 Å². The van der Waals surface area contributed by atoms with Crippen molar-refractivity contribution >= 4 is 34.2 Å². The minimum absolute atomic E-state index is 0.175. The van der Waals surface area contributed by atoms with E-state index >= 15 is 0 Å². The minimum atomic E-state index is -0.175. The van der Waals surface area contributed by atoms with Crippen molar-refractivity contribution in [1.82, 2.24) is 9.66 Å². The second kappa shape index (κ2) is 5.76. The summed E-state index contributed by atoms with van der Waals surface area (Å²) in [7, 11) is 0. The number of nitrogens with zero attached hydrogens (tertiary/aromatic N) is 2. The Morgan fingerprint density at radius 2 is 2.00 bits per heavy atom. The molecular formula is C15H11Cl2N3O. The third-order valence-corrected chi connectivity index (χ3v) is 3.68. The molecule has 0 fully saturated rings. The Morgan fingerprint density at radius 1 is 1.14 bits per heavy atom. The summed E-state index contributed by atoms with van der Waals surface area (Å²) in [4.78, 5) is 16.2. The molecule has 0 spiro atoms. The molecule has 0 saturated carbocycles. The number of hydrogen-bond acceptors (Lipinski definition) is 3. The minimum Gasteiger partial charge on any atom is -0.317 e. The largest absolute Gasteiger partial charge is 0.317 e. The molecule has 0 unspecified atom stereocenters. The van der Waals surface area contributed by atoms with Crippen LogP contribution in [0.2, 0.25) is 10.0 Å². The SMILES string of the molecule is O=c1ccc2cccnc2n1NCc1ccc(Cl)cc1Cl. The van der Waals surface area contributed by atoms with E-state index in [4.69, 9.17) is 23.2 Å². The molecule has 0 aliphatic heterocycles. The number of aromatic nitrogens is 2. The van der Waals surface area contributed by atoms with Crippen molar-refractivity contribution in [3.63, 3.8) is 0 Å². The molecule has 0 bridgehead atoms. The molecule has 3 aromatic rings. The molecule has 0 amide bonds. The van der Waals surface area contributed by atoms with Crippen LogP contribution < -0.4 is 11.0 Å². The molecule has 0 radical (unpaired) electrons. The Bertz CT molecular complexity index is 861. The lowest BCUT2D eigenvalue weighted by Crippen LogP contribution is -2.28. The summed E-state index contributed by atoms with van der Waals surface area (Å²) in [6.45, 7) is 0.394. The van der Waals surface area contributed by atoms with Gasteiger partial charge in [-0.1, -0.05) is 29.3 Å². The highest BCUT2D eigenvalue weighted by molar-refractivity contribution is 6.35. The Hall–Kier alpha value is -2.04. The number of rotatable bonds is 3. The average molecular weight is 320 g/mol. The highest BCUT2D eigenvalue weighted by atomic mass is 35.5. The lowest BCUT2D eigenvalue weighted by Gasteiger charge is -2.12. The highest BCUT2D eigenvalue weighted by Gasteiger charge is 2.05. The first-order chi connectivity index (χ1) is 10.1. The van der Waals surface area contributed by atoms with Crippen LogP contribution in [-0.2, 0) is 6.54 Å². The third-order valence-electron chi connectivity index (χ3n) is 3.10. The van der Waals surface area contributed by atoms with Crippen molar-refractivity contribution in [3.8, 4) is 0 Å². The zero-order valence-corrected chi connectivity index (χ0v) is 12.4. The molecule has 0 atom stereocenters. The monoisotopic (exact) mass is 319 g/mol. The van der Waals surface area contributed by atoms with Crippen molar-refractivity contribution in [2.24, 2.45) is 0 Å². The van der Waals surface area contributed by atoms with E-state index in [9.17, 15) is 4.79 Å². The zero-order valence-electron chi connectivity index (χ0n) is 10.9. The summed E-state index contributed by atoms with van der Waals surface area (Å²) in [5.41, 5.74) is 4.30. The van der Waals surface area contributed by atoms with Crippen molar-refractivity contribution in [1.29, 1.82) is 0 Å². The van der Waals surface area contributed by atoms with Gasteiger partial charge in [0.15, 0.2) is 5.65 Å².